The van der Waals surface area contributed by atoms with Crippen molar-refractivity contribution in [1.29, 1.82) is 0 Å². The van der Waals surface area contributed by atoms with E-state index in [1.54, 1.807) is 0 Å². The Bertz CT molecular complexity index is 475. The van der Waals surface area contributed by atoms with Gasteiger partial charge in [-0.3, -0.25) is 9.69 Å². The number of halogens is 1. The Hall–Kier alpha value is -0.870. The predicted octanol–water partition coefficient (Wildman–Crippen LogP) is 3.44. The zero-order chi connectivity index (χ0) is 14.0. The second-order valence-electron chi connectivity index (χ2n) is 5.49. The van der Waals surface area contributed by atoms with E-state index in [-0.39, 0.29) is 5.92 Å². The van der Waals surface area contributed by atoms with E-state index in [2.05, 4.69) is 52.9 Å². The fourth-order valence-electron chi connectivity index (χ4n) is 2.60. The highest BCUT2D eigenvalue weighted by Crippen LogP contribution is 2.26. The lowest BCUT2D eigenvalue weighted by Gasteiger charge is -2.36. The molecular weight excluding hydrogens is 306 g/mol. The van der Waals surface area contributed by atoms with Gasteiger partial charge in [0.1, 0.15) is 0 Å². The normalized spacial score (nSPS) is 24.4. The molecule has 1 heterocycles. The highest BCUT2D eigenvalue weighted by molar-refractivity contribution is 9.10. The summed E-state index contributed by atoms with van der Waals surface area (Å²) in [5, 5.41) is 9.16. The third-order valence-electron chi connectivity index (χ3n) is 3.94. The molecule has 2 atom stereocenters. The predicted molar refractivity (Wildman–Crippen MR) is 79.1 cm³/mol. The number of piperidine rings is 1. The Labute approximate surface area is 122 Å². The molecular formula is C15H20BrNO2. The first kappa shape index (κ1) is 14.5. The fourth-order valence-corrected chi connectivity index (χ4v) is 3.22. The van der Waals surface area contributed by atoms with E-state index in [4.69, 9.17) is 5.11 Å². The molecule has 1 aliphatic rings. The van der Waals surface area contributed by atoms with Crippen molar-refractivity contribution >= 4 is 21.9 Å². The van der Waals surface area contributed by atoms with E-state index in [0.717, 1.165) is 23.9 Å². The number of carbonyl (C=O) groups is 1. The molecule has 1 aliphatic heterocycles. The van der Waals surface area contributed by atoms with E-state index in [0.29, 0.717) is 12.6 Å². The van der Waals surface area contributed by atoms with Gasteiger partial charge < -0.3 is 5.11 Å². The number of aliphatic carboxylic acids is 1. The smallest absolute Gasteiger partial charge is 0.307 e. The Morgan fingerprint density at radius 1 is 1.47 bits per heavy atom. The third-order valence-corrected chi connectivity index (χ3v) is 4.68. The number of likely N-dealkylation sites (tertiary alicyclic amines) is 1. The fraction of sp³-hybridized carbons (Fsp3) is 0.533. The van der Waals surface area contributed by atoms with Gasteiger partial charge in [-0.05, 0) is 43.9 Å². The van der Waals surface area contributed by atoms with Crippen molar-refractivity contribution < 1.29 is 9.90 Å². The second kappa shape index (κ2) is 6.06. The monoisotopic (exact) mass is 325 g/mol. The summed E-state index contributed by atoms with van der Waals surface area (Å²) in [6.07, 6.45) is 1.75. The van der Waals surface area contributed by atoms with Crippen molar-refractivity contribution in [2.45, 2.75) is 39.3 Å². The van der Waals surface area contributed by atoms with Crippen LogP contribution in [-0.2, 0) is 11.3 Å². The van der Waals surface area contributed by atoms with Crippen LogP contribution >= 0.6 is 15.9 Å². The lowest BCUT2D eigenvalue weighted by atomic mass is 9.93. The number of nitrogens with zero attached hydrogens (tertiary/aromatic N) is 1. The van der Waals surface area contributed by atoms with E-state index in [9.17, 15) is 4.79 Å². The molecule has 1 saturated heterocycles. The molecule has 0 radical (unpaired) electrons. The highest BCUT2D eigenvalue weighted by atomic mass is 79.9. The maximum absolute atomic E-state index is 11.1. The number of carboxylic acid groups (broad SMARTS) is 1. The van der Waals surface area contributed by atoms with Crippen molar-refractivity contribution in [2.24, 2.45) is 5.92 Å². The van der Waals surface area contributed by atoms with Gasteiger partial charge >= 0.3 is 5.97 Å². The summed E-state index contributed by atoms with van der Waals surface area (Å²) in [5.74, 6) is -0.889. The van der Waals surface area contributed by atoms with Crippen LogP contribution in [0.25, 0.3) is 0 Å². The second-order valence-corrected chi connectivity index (χ2v) is 6.34. The maximum Gasteiger partial charge on any atom is 0.307 e. The lowest BCUT2D eigenvalue weighted by molar-refractivity contribution is -0.144. The molecule has 0 saturated carbocycles. The molecule has 0 aliphatic carbocycles. The molecule has 1 fully saturated rings. The molecule has 104 valence electrons. The van der Waals surface area contributed by atoms with Crippen molar-refractivity contribution in [3.63, 3.8) is 0 Å². The minimum absolute atomic E-state index is 0.222. The number of hydrogen-bond donors (Lipinski definition) is 1. The molecule has 0 aromatic heterocycles. The average Bonchev–Trinajstić information content (AvgIpc) is 2.34. The van der Waals surface area contributed by atoms with Crippen LogP contribution in [0.15, 0.2) is 22.7 Å². The molecule has 1 aromatic rings. The molecule has 0 bridgehead atoms. The van der Waals surface area contributed by atoms with Crippen LogP contribution < -0.4 is 0 Å². The van der Waals surface area contributed by atoms with Crippen molar-refractivity contribution in [1.82, 2.24) is 4.90 Å². The summed E-state index contributed by atoms with van der Waals surface area (Å²) in [7, 11) is 0. The van der Waals surface area contributed by atoms with Gasteiger partial charge in [-0.25, -0.2) is 0 Å². The van der Waals surface area contributed by atoms with Crippen LogP contribution in [0.2, 0.25) is 0 Å². The van der Waals surface area contributed by atoms with Crippen LogP contribution in [0, 0.1) is 12.8 Å². The number of hydrogen-bond acceptors (Lipinski definition) is 2. The van der Waals surface area contributed by atoms with E-state index in [1.807, 2.05) is 0 Å². The quantitative estimate of drug-likeness (QED) is 0.925. The van der Waals surface area contributed by atoms with Crippen LogP contribution in [0.3, 0.4) is 0 Å². The van der Waals surface area contributed by atoms with Crippen LogP contribution in [0.1, 0.15) is 30.9 Å². The van der Waals surface area contributed by atoms with Gasteiger partial charge in [0.05, 0.1) is 5.92 Å². The first-order valence-electron chi connectivity index (χ1n) is 6.69. The minimum atomic E-state index is -0.667. The Kier molecular flexibility index (Phi) is 4.63. The first-order chi connectivity index (χ1) is 8.97. The van der Waals surface area contributed by atoms with Gasteiger partial charge in [0.15, 0.2) is 0 Å². The molecule has 0 amide bonds. The molecule has 3 nitrogen and oxygen atoms in total. The van der Waals surface area contributed by atoms with Gasteiger partial charge in [0, 0.05) is 23.6 Å². The number of carboxylic acids is 1. The molecule has 19 heavy (non-hydrogen) atoms. The first-order valence-corrected chi connectivity index (χ1v) is 7.48. The van der Waals surface area contributed by atoms with E-state index >= 15 is 0 Å². The summed E-state index contributed by atoms with van der Waals surface area (Å²) in [4.78, 5) is 13.4. The average molecular weight is 326 g/mol. The maximum atomic E-state index is 11.1. The van der Waals surface area contributed by atoms with Gasteiger partial charge in [-0.15, -0.1) is 0 Å². The summed E-state index contributed by atoms with van der Waals surface area (Å²) in [5.41, 5.74) is 2.45. The highest BCUT2D eigenvalue weighted by Gasteiger charge is 2.29. The Morgan fingerprint density at radius 3 is 2.84 bits per heavy atom. The zero-order valence-electron chi connectivity index (χ0n) is 11.4. The SMILES string of the molecule is Cc1ccc(CN2CC(C(=O)O)CCC2C)c(Br)c1. The topological polar surface area (TPSA) is 40.5 Å². The summed E-state index contributed by atoms with van der Waals surface area (Å²) < 4.78 is 1.11. The summed E-state index contributed by atoms with van der Waals surface area (Å²) >= 11 is 3.59. The van der Waals surface area contributed by atoms with Crippen molar-refractivity contribution in [3.8, 4) is 0 Å². The standard InChI is InChI=1S/C15H20BrNO2/c1-10-3-5-12(14(16)7-10)8-17-9-13(15(18)19)6-4-11(17)2/h3,5,7,11,13H,4,6,8-9H2,1-2H3,(H,18,19). The molecule has 4 heteroatoms. The lowest BCUT2D eigenvalue weighted by Crippen LogP contribution is -2.43. The van der Waals surface area contributed by atoms with Gasteiger partial charge in [0.25, 0.3) is 0 Å². The minimum Gasteiger partial charge on any atom is -0.481 e. The number of rotatable bonds is 3. The van der Waals surface area contributed by atoms with Crippen molar-refractivity contribution in [3.05, 3.63) is 33.8 Å². The number of aryl methyl sites for hydroxylation is 1. The molecule has 0 spiro atoms. The molecule has 2 unspecified atom stereocenters. The van der Waals surface area contributed by atoms with Gasteiger partial charge in [-0.1, -0.05) is 28.1 Å². The number of benzene rings is 1. The molecule has 1 aromatic carbocycles. The van der Waals surface area contributed by atoms with Crippen LogP contribution in [0.5, 0.6) is 0 Å². The van der Waals surface area contributed by atoms with E-state index < -0.39 is 5.97 Å². The van der Waals surface area contributed by atoms with E-state index in [1.165, 1.54) is 11.1 Å². The summed E-state index contributed by atoms with van der Waals surface area (Å²) in [6.45, 7) is 5.71. The van der Waals surface area contributed by atoms with Crippen LogP contribution in [-0.4, -0.2) is 28.6 Å². The largest absolute Gasteiger partial charge is 0.481 e. The summed E-state index contributed by atoms with van der Waals surface area (Å²) in [6, 6.07) is 6.78. The van der Waals surface area contributed by atoms with Crippen molar-refractivity contribution in [2.75, 3.05) is 6.54 Å². The third kappa shape index (κ3) is 3.57. The van der Waals surface area contributed by atoms with Crippen LogP contribution in [0.4, 0.5) is 0 Å². The van der Waals surface area contributed by atoms with Gasteiger partial charge in [-0.2, -0.15) is 0 Å². The van der Waals surface area contributed by atoms with Gasteiger partial charge in [0.2, 0.25) is 0 Å². The Morgan fingerprint density at radius 2 is 2.21 bits per heavy atom. The molecule has 2 rings (SSSR count). The Balaban J connectivity index is 2.09. The molecule has 1 N–H and O–H groups in total. The zero-order valence-corrected chi connectivity index (χ0v) is 13.0.